The lowest BCUT2D eigenvalue weighted by Gasteiger charge is -2.27. The summed E-state index contributed by atoms with van der Waals surface area (Å²) in [5.41, 5.74) is 1.93. The molecule has 1 aromatic carbocycles. The maximum absolute atomic E-state index is 12.4. The molecule has 2 heterocycles. The van der Waals surface area contributed by atoms with Crippen molar-refractivity contribution in [3.63, 3.8) is 0 Å². The molecule has 122 valence electrons. The summed E-state index contributed by atoms with van der Waals surface area (Å²) in [4.78, 5) is 14.9. The summed E-state index contributed by atoms with van der Waals surface area (Å²) in [5, 5.41) is 7.36. The zero-order valence-corrected chi connectivity index (χ0v) is 14.1. The summed E-state index contributed by atoms with van der Waals surface area (Å²) in [5.74, 6) is 0.648. The molecule has 1 N–H and O–H groups in total. The Morgan fingerprint density at radius 1 is 1.35 bits per heavy atom. The van der Waals surface area contributed by atoms with E-state index < -0.39 is 0 Å². The fourth-order valence-corrected chi connectivity index (χ4v) is 3.74. The van der Waals surface area contributed by atoms with E-state index in [1.165, 1.54) is 18.4 Å². The normalized spacial score (nSPS) is 16.2. The monoisotopic (exact) mass is 330 g/mol. The topological polar surface area (TPSA) is 41.6 Å². The minimum Gasteiger partial charge on any atom is -0.497 e. The van der Waals surface area contributed by atoms with Crippen LogP contribution in [0.5, 0.6) is 5.75 Å². The molecule has 1 atom stereocenters. The third kappa shape index (κ3) is 3.92. The Kier molecular flexibility index (Phi) is 5.31. The Morgan fingerprint density at radius 3 is 2.87 bits per heavy atom. The number of carbonyl (C=O) groups is 1. The maximum atomic E-state index is 12.4. The lowest BCUT2D eigenvalue weighted by atomic mass is 10.1. The summed E-state index contributed by atoms with van der Waals surface area (Å²) < 4.78 is 5.18. The molecule has 0 bridgehead atoms. The van der Waals surface area contributed by atoms with Gasteiger partial charge in [-0.05, 0) is 66.5 Å². The first-order valence-electron chi connectivity index (χ1n) is 7.96. The number of nitrogens with zero attached hydrogens (tertiary/aromatic N) is 1. The number of methoxy groups -OCH3 is 1. The van der Waals surface area contributed by atoms with Gasteiger partial charge in [-0.2, -0.15) is 11.3 Å². The quantitative estimate of drug-likeness (QED) is 0.883. The molecule has 4 nitrogen and oxygen atoms in total. The van der Waals surface area contributed by atoms with Crippen molar-refractivity contribution in [2.75, 3.05) is 26.7 Å². The first-order valence-corrected chi connectivity index (χ1v) is 8.90. The Morgan fingerprint density at radius 2 is 2.17 bits per heavy atom. The predicted molar refractivity (Wildman–Crippen MR) is 93.2 cm³/mol. The molecule has 1 aliphatic rings. The molecule has 1 aromatic heterocycles. The third-order valence-electron chi connectivity index (χ3n) is 4.30. The van der Waals surface area contributed by atoms with Gasteiger partial charge in [-0.15, -0.1) is 0 Å². The van der Waals surface area contributed by atoms with E-state index in [1.807, 2.05) is 18.2 Å². The molecule has 1 fully saturated rings. The number of thiophene rings is 1. The van der Waals surface area contributed by atoms with Crippen LogP contribution < -0.4 is 10.1 Å². The van der Waals surface area contributed by atoms with E-state index in [9.17, 15) is 4.79 Å². The Hall–Kier alpha value is -1.85. The fourth-order valence-electron chi connectivity index (χ4n) is 3.03. The number of hydrogen-bond donors (Lipinski definition) is 1. The summed E-state index contributed by atoms with van der Waals surface area (Å²) in [6.45, 7) is 2.85. The van der Waals surface area contributed by atoms with Crippen LogP contribution in [0, 0.1) is 0 Å². The number of hydrogen-bond acceptors (Lipinski definition) is 4. The van der Waals surface area contributed by atoms with Crippen LogP contribution in [0.3, 0.4) is 0 Å². The van der Waals surface area contributed by atoms with Crippen LogP contribution in [0.2, 0.25) is 0 Å². The lowest BCUT2D eigenvalue weighted by Crippen LogP contribution is -2.36. The van der Waals surface area contributed by atoms with Gasteiger partial charge >= 0.3 is 0 Å². The van der Waals surface area contributed by atoms with Crippen molar-refractivity contribution in [3.8, 4) is 5.75 Å². The maximum Gasteiger partial charge on any atom is 0.251 e. The molecule has 2 aromatic rings. The van der Waals surface area contributed by atoms with Crippen LogP contribution in [0.15, 0.2) is 41.1 Å². The number of benzene rings is 1. The van der Waals surface area contributed by atoms with Crippen LogP contribution in [0.4, 0.5) is 0 Å². The largest absolute Gasteiger partial charge is 0.497 e. The molecule has 0 spiro atoms. The average Bonchev–Trinajstić information content (AvgIpc) is 3.29. The van der Waals surface area contributed by atoms with Gasteiger partial charge < -0.3 is 10.1 Å². The van der Waals surface area contributed by atoms with Crippen molar-refractivity contribution in [1.29, 1.82) is 0 Å². The van der Waals surface area contributed by atoms with Crippen molar-refractivity contribution in [3.05, 3.63) is 52.2 Å². The number of ether oxygens (including phenoxy) is 1. The lowest BCUT2D eigenvalue weighted by molar-refractivity contribution is 0.0937. The average molecular weight is 330 g/mol. The SMILES string of the molecule is COc1cccc(C(=O)NC[C@H](c2ccsc2)N2CCCC2)c1. The second kappa shape index (κ2) is 7.62. The van der Waals surface area contributed by atoms with Gasteiger partial charge in [-0.1, -0.05) is 6.07 Å². The predicted octanol–water partition coefficient (Wildman–Crippen LogP) is 3.32. The van der Waals surface area contributed by atoms with E-state index in [4.69, 9.17) is 4.74 Å². The molecule has 0 aliphatic carbocycles. The van der Waals surface area contributed by atoms with Crippen molar-refractivity contribution in [2.24, 2.45) is 0 Å². The number of nitrogens with one attached hydrogen (secondary N) is 1. The van der Waals surface area contributed by atoms with Crippen LogP contribution in [-0.2, 0) is 0 Å². The first-order chi connectivity index (χ1) is 11.3. The molecular weight excluding hydrogens is 308 g/mol. The zero-order valence-electron chi connectivity index (χ0n) is 13.3. The van der Waals surface area contributed by atoms with Gasteiger partial charge in [0, 0.05) is 12.1 Å². The van der Waals surface area contributed by atoms with E-state index in [0.717, 1.165) is 13.1 Å². The minimum absolute atomic E-state index is 0.0525. The molecule has 23 heavy (non-hydrogen) atoms. The Balaban J connectivity index is 1.67. The number of carbonyl (C=O) groups excluding carboxylic acids is 1. The van der Waals surface area contributed by atoms with Crippen molar-refractivity contribution < 1.29 is 9.53 Å². The van der Waals surface area contributed by atoms with Gasteiger partial charge in [-0.3, -0.25) is 9.69 Å². The molecule has 0 saturated carbocycles. The number of likely N-dealkylation sites (tertiary alicyclic amines) is 1. The summed E-state index contributed by atoms with van der Waals surface area (Å²) in [7, 11) is 1.61. The molecule has 3 rings (SSSR count). The summed E-state index contributed by atoms with van der Waals surface area (Å²) in [6.07, 6.45) is 2.48. The van der Waals surface area contributed by atoms with Crippen LogP contribution in [0.25, 0.3) is 0 Å². The highest BCUT2D eigenvalue weighted by atomic mass is 32.1. The minimum atomic E-state index is -0.0525. The third-order valence-corrected chi connectivity index (χ3v) is 5.00. The van der Waals surface area contributed by atoms with Gasteiger partial charge in [0.2, 0.25) is 0 Å². The highest BCUT2D eigenvalue weighted by molar-refractivity contribution is 7.07. The van der Waals surface area contributed by atoms with Crippen molar-refractivity contribution in [2.45, 2.75) is 18.9 Å². The van der Waals surface area contributed by atoms with Crippen molar-refractivity contribution in [1.82, 2.24) is 10.2 Å². The molecule has 1 amide bonds. The van der Waals surface area contributed by atoms with Gasteiger partial charge in [0.1, 0.15) is 5.75 Å². The van der Waals surface area contributed by atoms with Crippen LogP contribution in [0.1, 0.15) is 34.8 Å². The summed E-state index contributed by atoms with van der Waals surface area (Å²) >= 11 is 1.71. The molecule has 1 aliphatic heterocycles. The van der Waals surface area contributed by atoms with E-state index in [-0.39, 0.29) is 11.9 Å². The highest BCUT2D eigenvalue weighted by Gasteiger charge is 2.24. The van der Waals surface area contributed by atoms with Gasteiger partial charge in [0.05, 0.1) is 13.2 Å². The molecular formula is C18H22N2O2S. The number of amides is 1. The molecule has 1 saturated heterocycles. The first kappa shape index (κ1) is 16.0. The standard InChI is InChI=1S/C18H22N2O2S/c1-22-16-6-4-5-14(11-16)18(21)19-12-17(15-7-10-23-13-15)20-8-2-3-9-20/h4-7,10-11,13,17H,2-3,8-9,12H2,1H3,(H,19,21)/t17-/m1/s1. The van der Waals surface area contributed by atoms with Crippen LogP contribution >= 0.6 is 11.3 Å². The van der Waals surface area contributed by atoms with E-state index >= 15 is 0 Å². The fraction of sp³-hybridized carbons (Fsp3) is 0.389. The van der Waals surface area contributed by atoms with Gasteiger partial charge in [-0.25, -0.2) is 0 Å². The van der Waals surface area contributed by atoms with Gasteiger partial charge in [0.15, 0.2) is 0 Å². The molecule has 5 heteroatoms. The Labute approximate surface area is 141 Å². The van der Waals surface area contributed by atoms with E-state index in [2.05, 4.69) is 27.0 Å². The van der Waals surface area contributed by atoms with Crippen molar-refractivity contribution >= 4 is 17.2 Å². The van der Waals surface area contributed by atoms with Gasteiger partial charge in [0.25, 0.3) is 5.91 Å². The highest BCUT2D eigenvalue weighted by Crippen LogP contribution is 2.26. The second-order valence-electron chi connectivity index (χ2n) is 5.76. The summed E-state index contributed by atoms with van der Waals surface area (Å²) in [6, 6.07) is 9.68. The molecule has 0 radical (unpaired) electrons. The van der Waals surface area contributed by atoms with E-state index in [0.29, 0.717) is 17.9 Å². The number of rotatable bonds is 6. The molecule has 0 unspecified atom stereocenters. The Bertz CT molecular complexity index is 636. The van der Waals surface area contributed by atoms with Crippen LogP contribution in [-0.4, -0.2) is 37.6 Å². The zero-order chi connectivity index (χ0) is 16.1. The smallest absolute Gasteiger partial charge is 0.251 e. The van der Waals surface area contributed by atoms with E-state index in [1.54, 1.807) is 24.5 Å². The second-order valence-corrected chi connectivity index (χ2v) is 6.54.